The van der Waals surface area contributed by atoms with Crippen LogP contribution < -0.4 is 10.1 Å². The zero-order valence-corrected chi connectivity index (χ0v) is 14.9. The molecular weight excluding hydrogens is 356 g/mol. The van der Waals surface area contributed by atoms with Gasteiger partial charge in [0.15, 0.2) is 11.7 Å². The molecule has 0 fully saturated rings. The lowest BCUT2D eigenvalue weighted by Crippen LogP contribution is -2.20. The van der Waals surface area contributed by atoms with Crippen molar-refractivity contribution in [2.45, 2.75) is 12.8 Å². The monoisotopic (exact) mass is 370 g/mol. The maximum atomic E-state index is 12.1. The molecule has 0 spiro atoms. The van der Waals surface area contributed by atoms with E-state index in [1.165, 1.54) is 21.8 Å². The van der Waals surface area contributed by atoms with Gasteiger partial charge in [0.2, 0.25) is 0 Å². The van der Waals surface area contributed by atoms with Gasteiger partial charge in [-0.1, -0.05) is 35.9 Å². The second-order valence-electron chi connectivity index (χ2n) is 5.74. The van der Waals surface area contributed by atoms with Gasteiger partial charge in [-0.15, -0.1) is 11.3 Å². The summed E-state index contributed by atoms with van der Waals surface area (Å²) < 4.78 is 5.46. The number of hydrogen-bond acceptors (Lipinski definition) is 4. The van der Waals surface area contributed by atoms with Crippen LogP contribution >= 0.6 is 22.9 Å². The number of nitrogens with zero attached hydrogens (tertiary/aromatic N) is 1. The molecule has 4 nitrogen and oxygen atoms in total. The third-order valence-electron chi connectivity index (χ3n) is 4.02. The second-order valence-corrected chi connectivity index (χ2v) is 7.26. The largest absolute Gasteiger partial charge is 0.484 e. The SMILES string of the molecule is O=C(COc1ccc(Cl)cc1)Nc1nc2c(s1)CCc1ccccc1-2. The number of fused-ring (bicyclic) bond motifs is 3. The Morgan fingerprint density at radius 2 is 1.96 bits per heavy atom. The highest BCUT2D eigenvalue weighted by atomic mass is 35.5. The number of anilines is 1. The Bertz CT molecular complexity index is 921. The molecule has 0 unspecified atom stereocenters. The Hall–Kier alpha value is -2.37. The molecule has 1 amide bonds. The van der Waals surface area contributed by atoms with E-state index in [4.69, 9.17) is 16.3 Å². The summed E-state index contributed by atoms with van der Waals surface area (Å²) in [5, 5.41) is 4.08. The van der Waals surface area contributed by atoms with Crippen LogP contribution in [0.15, 0.2) is 48.5 Å². The average Bonchev–Trinajstić information content (AvgIpc) is 3.04. The Labute approximate surface area is 154 Å². The van der Waals surface area contributed by atoms with Crippen molar-refractivity contribution in [1.29, 1.82) is 0 Å². The molecule has 0 aliphatic heterocycles. The first-order valence-electron chi connectivity index (χ1n) is 7.95. The molecular formula is C19H15ClN2O2S. The van der Waals surface area contributed by atoms with Crippen molar-refractivity contribution in [3.05, 3.63) is 64.0 Å². The number of rotatable bonds is 4. The number of carbonyl (C=O) groups is 1. The number of benzene rings is 2. The van der Waals surface area contributed by atoms with Crippen molar-refractivity contribution in [2.75, 3.05) is 11.9 Å². The minimum absolute atomic E-state index is 0.0670. The molecule has 0 saturated heterocycles. The van der Waals surface area contributed by atoms with Crippen molar-refractivity contribution in [1.82, 2.24) is 4.98 Å². The second kappa shape index (κ2) is 6.86. The highest BCUT2D eigenvalue weighted by molar-refractivity contribution is 7.16. The van der Waals surface area contributed by atoms with Gasteiger partial charge in [-0.05, 0) is 42.7 Å². The van der Waals surface area contributed by atoms with Gasteiger partial charge in [-0.25, -0.2) is 4.98 Å². The molecule has 6 heteroatoms. The van der Waals surface area contributed by atoms with Crippen LogP contribution in [-0.4, -0.2) is 17.5 Å². The number of nitrogens with one attached hydrogen (secondary N) is 1. The van der Waals surface area contributed by atoms with Gasteiger partial charge in [0.25, 0.3) is 5.91 Å². The summed E-state index contributed by atoms with van der Waals surface area (Å²) in [6.07, 6.45) is 1.97. The fraction of sp³-hybridized carbons (Fsp3) is 0.158. The highest BCUT2D eigenvalue weighted by Gasteiger charge is 2.21. The number of aryl methyl sites for hydroxylation is 2. The predicted octanol–water partition coefficient (Wildman–Crippen LogP) is 4.58. The maximum Gasteiger partial charge on any atom is 0.264 e. The van der Waals surface area contributed by atoms with Crippen LogP contribution in [0, 0.1) is 0 Å². The number of ether oxygens (including phenoxy) is 1. The van der Waals surface area contributed by atoms with Crippen LogP contribution in [0.2, 0.25) is 5.02 Å². The van der Waals surface area contributed by atoms with E-state index in [1.807, 2.05) is 12.1 Å². The molecule has 1 aromatic heterocycles. The van der Waals surface area contributed by atoms with E-state index in [-0.39, 0.29) is 12.5 Å². The van der Waals surface area contributed by atoms with Crippen molar-refractivity contribution in [3.8, 4) is 17.0 Å². The fourth-order valence-corrected chi connectivity index (χ4v) is 3.96. The first-order valence-corrected chi connectivity index (χ1v) is 9.15. The van der Waals surface area contributed by atoms with E-state index >= 15 is 0 Å². The lowest BCUT2D eigenvalue weighted by molar-refractivity contribution is -0.118. The zero-order valence-electron chi connectivity index (χ0n) is 13.3. The van der Waals surface area contributed by atoms with Gasteiger partial charge in [0.05, 0.1) is 5.69 Å². The molecule has 2 aromatic carbocycles. The minimum Gasteiger partial charge on any atom is -0.484 e. The average molecular weight is 371 g/mol. The minimum atomic E-state index is -0.227. The first-order chi connectivity index (χ1) is 12.2. The van der Waals surface area contributed by atoms with Crippen molar-refractivity contribution < 1.29 is 9.53 Å². The number of hydrogen-bond donors (Lipinski definition) is 1. The Morgan fingerprint density at radius 3 is 2.80 bits per heavy atom. The molecule has 1 heterocycles. The standard InChI is InChI=1S/C19H15ClN2O2S/c20-13-6-8-14(9-7-13)24-11-17(23)21-19-22-18-15-4-2-1-3-12(15)5-10-16(18)25-19/h1-4,6-9H,5,10-11H2,(H,21,22,23). The van der Waals surface area contributed by atoms with Crippen molar-refractivity contribution >= 4 is 34.0 Å². The molecule has 1 N–H and O–H groups in total. The summed E-state index contributed by atoms with van der Waals surface area (Å²) in [7, 11) is 0. The highest BCUT2D eigenvalue weighted by Crippen LogP contribution is 2.37. The smallest absolute Gasteiger partial charge is 0.264 e. The molecule has 1 aliphatic carbocycles. The maximum absolute atomic E-state index is 12.1. The molecule has 3 aromatic rings. The number of carbonyl (C=O) groups excluding carboxylic acids is 1. The van der Waals surface area contributed by atoms with Crippen LogP contribution in [0.1, 0.15) is 10.4 Å². The quantitative estimate of drug-likeness (QED) is 0.731. The van der Waals surface area contributed by atoms with Crippen LogP contribution in [0.25, 0.3) is 11.3 Å². The summed E-state index contributed by atoms with van der Waals surface area (Å²) in [6.45, 7) is -0.0670. The van der Waals surface area contributed by atoms with Crippen molar-refractivity contribution in [3.63, 3.8) is 0 Å². The van der Waals surface area contributed by atoms with Gasteiger partial charge >= 0.3 is 0 Å². The molecule has 0 atom stereocenters. The van der Waals surface area contributed by atoms with Crippen LogP contribution in [-0.2, 0) is 17.6 Å². The van der Waals surface area contributed by atoms with Gasteiger partial charge in [-0.2, -0.15) is 0 Å². The third kappa shape index (κ3) is 3.52. The van der Waals surface area contributed by atoms with E-state index in [9.17, 15) is 4.79 Å². The lowest BCUT2D eigenvalue weighted by atomic mass is 9.94. The summed E-state index contributed by atoms with van der Waals surface area (Å²) in [5.41, 5.74) is 3.46. The van der Waals surface area contributed by atoms with E-state index in [0.29, 0.717) is 15.9 Å². The Kier molecular flexibility index (Phi) is 4.42. The molecule has 0 radical (unpaired) electrons. The Balaban J connectivity index is 1.43. The number of amides is 1. The summed E-state index contributed by atoms with van der Waals surface area (Å²) >= 11 is 7.36. The van der Waals surface area contributed by atoms with E-state index in [0.717, 1.165) is 24.1 Å². The molecule has 4 rings (SSSR count). The third-order valence-corrected chi connectivity index (χ3v) is 5.30. The molecule has 0 saturated carbocycles. The van der Waals surface area contributed by atoms with Crippen LogP contribution in [0.5, 0.6) is 5.75 Å². The number of halogens is 1. The van der Waals surface area contributed by atoms with Gasteiger partial charge in [0.1, 0.15) is 5.75 Å². The zero-order chi connectivity index (χ0) is 17.2. The van der Waals surface area contributed by atoms with Gasteiger partial charge in [0, 0.05) is 15.5 Å². The first kappa shape index (κ1) is 16.1. The van der Waals surface area contributed by atoms with Gasteiger partial charge in [-0.3, -0.25) is 10.1 Å². The topological polar surface area (TPSA) is 51.2 Å². The summed E-state index contributed by atoms with van der Waals surface area (Å²) in [6, 6.07) is 15.2. The van der Waals surface area contributed by atoms with Crippen LogP contribution in [0.3, 0.4) is 0 Å². The fourth-order valence-electron chi connectivity index (χ4n) is 2.84. The summed E-state index contributed by atoms with van der Waals surface area (Å²) in [5.74, 6) is 0.376. The summed E-state index contributed by atoms with van der Waals surface area (Å²) in [4.78, 5) is 17.9. The Morgan fingerprint density at radius 1 is 1.16 bits per heavy atom. The molecule has 1 aliphatic rings. The van der Waals surface area contributed by atoms with E-state index in [2.05, 4.69) is 22.4 Å². The number of thiazole rings is 1. The predicted molar refractivity (Wildman–Crippen MR) is 101 cm³/mol. The van der Waals surface area contributed by atoms with Gasteiger partial charge < -0.3 is 4.74 Å². The molecule has 0 bridgehead atoms. The molecule has 126 valence electrons. The molecule has 25 heavy (non-hydrogen) atoms. The van der Waals surface area contributed by atoms with E-state index in [1.54, 1.807) is 24.3 Å². The van der Waals surface area contributed by atoms with Crippen molar-refractivity contribution in [2.24, 2.45) is 0 Å². The lowest BCUT2D eigenvalue weighted by Gasteiger charge is -2.13. The number of aromatic nitrogens is 1. The van der Waals surface area contributed by atoms with Crippen LogP contribution in [0.4, 0.5) is 5.13 Å². The normalized spacial score (nSPS) is 12.2. The van der Waals surface area contributed by atoms with E-state index < -0.39 is 0 Å².